The number of nitrogens with one attached hydrogen (secondary N) is 2. The minimum absolute atomic E-state index is 0.0855. The molecular weight excluding hydrogens is 290 g/mol. The third-order valence-electron chi connectivity index (χ3n) is 3.16. The van der Waals surface area contributed by atoms with Crippen molar-refractivity contribution < 1.29 is 13.2 Å². The Morgan fingerprint density at radius 3 is 2.33 bits per heavy atom. The number of nitrogens with two attached hydrogens (primary N) is 1. The minimum Gasteiger partial charge on any atom is -0.380 e. The van der Waals surface area contributed by atoms with Crippen LogP contribution >= 0.6 is 0 Å². The summed E-state index contributed by atoms with van der Waals surface area (Å²) >= 11 is 0. The predicted molar refractivity (Wildman–Crippen MR) is 81.3 cm³/mol. The second-order valence-corrected chi connectivity index (χ2v) is 7.79. The molecule has 0 aromatic heterocycles. The summed E-state index contributed by atoms with van der Waals surface area (Å²) in [4.78, 5) is 11.2. The van der Waals surface area contributed by atoms with E-state index in [2.05, 4.69) is 10.0 Å². The van der Waals surface area contributed by atoms with E-state index >= 15 is 0 Å². The van der Waals surface area contributed by atoms with Crippen LogP contribution in [-0.2, 0) is 14.8 Å². The summed E-state index contributed by atoms with van der Waals surface area (Å²) in [5.41, 5.74) is 5.45. The van der Waals surface area contributed by atoms with E-state index in [0.717, 1.165) is 18.5 Å². The third kappa shape index (κ3) is 4.71. The van der Waals surface area contributed by atoms with Gasteiger partial charge in [0.1, 0.15) is 0 Å². The van der Waals surface area contributed by atoms with Gasteiger partial charge in [0, 0.05) is 23.7 Å². The van der Waals surface area contributed by atoms with Gasteiger partial charge >= 0.3 is 0 Å². The molecule has 1 aliphatic carbocycles. The van der Waals surface area contributed by atoms with Crippen LogP contribution in [-0.4, -0.2) is 25.9 Å². The number of benzene rings is 1. The molecule has 116 valence electrons. The molecular formula is C14H21N3O3S. The zero-order chi connectivity index (χ0) is 15.7. The number of amides is 1. The van der Waals surface area contributed by atoms with Crippen LogP contribution in [0.25, 0.3) is 0 Å². The van der Waals surface area contributed by atoms with Crippen molar-refractivity contribution in [2.24, 2.45) is 5.73 Å². The van der Waals surface area contributed by atoms with Crippen LogP contribution in [0.15, 0.2) is 29.2 Å². The molecule has 2 rings (SSSR count). The lowest BCUT2D eigenvalue weighted by atomic mass is 10.00. The summed E-state index contributed by atoms with van der Waals surface area (Å²) < 4.78 is 26.7. The van der Waals surface area contributed by atoms with Crippen molar-refractivity contribution in [1.82, 2.24) is 4.72 Å². The fourth-order valence-corrected chi connectivity index (χ4v) is 3.38. The van der Waals surface area contributed by atoms with Gasteiger partial charge in [-0.2, -0.15) is 0 Å². The third-order valence-corrected chi connectivity index (χ3v) is 4.70. The smallest absolute Gasteiger partial charge is 0.240 e. The molecule has 0 spiro atoms. The van der Waals surface area contributed by atoms with E-state index in [9.17, 15) is 13.2 Å². The van der Waals surface area contributed by atoms with Crippen LogP contribution in [0.5, 0.6) is 0 Å². The molecule has 0 atom stereocenters. The first-order valence-corrected chi connectivity index (χ1v) is 8.35. The summed E-state index contributed by atoms with van der Waals surface area (Å²) in [6.07, 6.45) is 2.00. The average Bonchev–Trinajstić information content (AvgIpc) is 3.10. The van der Waals surface area contributed by atoms with Crippen molar-refractivity contribution >= 4 is 21.6 Å². The van der Waals surface area contributed by atoms with Crippen LogP contribution in [0, 0.1) is 0 Å². The van der Waals surface area contributed by atoms with Crippen molar-refractivity contribution in [2.75, 3.05) is 5.32 Å². The predicted octanol–water partition coefficient (Wildman–Crippen LogP) is 1.19. The highest BCUT2D eigenvalue weighted by atomic mass is 32.2. The Morgan fingerprint density at radius 2 is 1.86 bits per heavy atom. The van der Waals surface area contributed by atoms with Gasteiger partial charge in [-0.05, 0) is 51.0 Å². The number of carbonyl (C=O) groups is 1. The van der Waals surface area contributed by atoms with E-state index in [0.29, 0.717) is 0 Å². The fourth-order valence-electron chi connectivity index (χ4n) is 2.08. The van der Waals surface area contributed by atoms with Crippen LogP contribution in [0.1, 0.15) is 33.1 Å². The number of hydrogen-bond acceptors (Lipinski definition) is 4. The Bertz CT molecular complexity index is 619. The van der Waals surface area contributed by atoms with Crippen molar-refractivity contribution in [3.8, 4) is 0 Å². The number of sulfonamides is 1. The molecule has 21 heavy (non-hydrogen) atoms. The van der Waals surface area contributed by atoms with Gasteiger partial charge in [-0.1, -0.05) is 0 Å². The normalized spacial score (nSPS) is 15.7. The zero-order valence-electron chi connectivity index (χ0n) is 12.2. The van der Waals surface area contributed by atoms with Crippen LogP contribution < -0.4 is 15.8 Å². The molecule has 0 radical (unpaired) electrons. The van der Waals surface area contributed by atoms with Gasteiger partial charge in [0.05, 0.1) is 4.90 Å². The van der Waals surface area contributed by atoms with E-state index in [-0.39, 0.29) is 23.3 Å². The topological polar surface area (TPSA) is 101 Å². The number of hydrogen-bond donors (Lipinski definition) is 3. The highest BCUT2D eigenvalue weighted by molar-refractivity contribution is 7.89. The van der Waals surface area contributed by atoms with E-state index < -0.39 is 15.6 Å². The Kier molecular flexibility index (Phi) is 4.25. The lowest BCUT2D eigenvalue weighted by Gasteiger charge is -2.26. The van der Waals surface area contributed by atoms with Crippen molar-refractivity contribution in [2.45, 2.75) is 49.6 Å². The largest absolute Gasteiger partial charge is 0.380 e. The molecule has 1 aromatic carbocycles. The molecule has 0 aliphatic heterocycles. The number of primary amides is 1. The standard InChI is InChI=1S/C14H21N3O3S/c1-14(2,9-13(15)18)16-10-5-7-12(8-6-10)21(19,20)17-11-3-4-11/h5-8,11,16-17H,3-4,9H2,1-2H3,(H2,15,18). The SMILES string of the molecule is CC(C)(CC(N)=O)Nc1ccc(S(=O)(=O)NC2CC2)cc1. The van der Waals surface area contributed by atoms with Gasteiger partial charge < -0.3 is 11.1 Å². The van der Waals surface area contributed by atoms with Crippen molar-refractivity contribution in [1.29, 1.82) is 0 Å². The molecule has 1 amide bonds. The number of anilines is 1. The summed E-state index contributed by atoms with van der Waals surface area (Å²) in [5.74, 6) is -0.389. The monoisotopic (exact) mass is 311 g/mol. The van der Waals surface area contributed by atoms with E-state index in [1.54, 1.807) is 24.3 Å². The molecule has 0 bridgehead atoms. The Hall–Kier alpha value is -1.60. The van der Waals surface area contributed by atoms with E-state index in [1.807, 2.05) is 13.8 Å². The summed E-state index contributed by atoms with van der Waals surface area (Å²) in [6.45, 7) is 3.72. The molecule has 1 fully saturated rings. The first-order valence-electron chi connectivity index (χ1n) is 6.87. The maximum absolute atomic E-state index is 12.0. The van der Waals surface area contributed by atoms with Crippen LogP contribution in [0.4, 0.5) is 5.69 Å². The second-order valence-electron chi connectivity index (χ2n) is 6.07. The maximum Gasteiger partial charge on any atom is 0.240 e. The highest BCUT2D eigenvalue weighted by Crippen LogP contribution is 2.24. The second kappa shape index (κ2) is 5.65. The summed E-state index contributed by atoms with van der Waals surface area (Å²) in [7, 11) is -3.43. The molecule has 1 saturated carbocycles. The molecule has 0 heterocycles. The summed E-state index contributed by atoms with van der Waals surface area (Å²) in [6, 6.07) is 6.55. The number of carbonyl (C=O) groups excluding carboxylic acids is 1. The Balaban J connectivity index is 2.06. The van der Waals surface area contributed by atoms with Gasteiger partial charge in [-0.25, -0.2) is 13.1 Å². The Morgan fingerprint density at radius 1 is 1.29 bits per heavy atom. The first kappa shape index (κ1) is 15.8. The molecule has 7 heteroatoms. The lowest BCUT2D eigenvalue weighted by Crippen LogP contribution is -2.36. The molecule has 6 nitrogen and oxygen atoms in total. The van der Waals surface area contributed by atoms with E-state index in [1.165, 1.54) is 0 Å². The lowest BCUT2D eigenvalue weighted by molar-refractivity contribution is -0.118. The molecule has 1 aromatic rings. The van der Waals surface area contributed by atoms with Crippen LogP contribution in [0.3, 0.4) is 0 Å². The average molecular weight is 311 g/mol. The first-order chi connectivity index (χ1) is 9.68. The molecule has 1 aliphatic rings. The quantitative estimate of drug-likeness (QED) is 0.704. The molecule has 0 saturated heterocycles. The highest BCUT2D eigenvalue weighted by Gasteiger charge is 2.28. The fraction of sp³-hybridized carbons (Fsp3) is 0.500. The van der Waals surface area contributed by atoms with E-state index in [4.69, 9.17) is 5.73 Å². The Labute approximate surface area is 125 Å². The van der Waals surface area contributed by atoms with Gasteiger partial charge in [0.25, 0.3) is 0 Å². The maximum atomic E-state index is 12.0. The minimum atomic E-state index is -3.43. The number of rotatable bonds is 7. The van der Waals surface area contributed by atoms with Crippen molar-refractivity contribution in [3.63, 3.8) is 0 Å². The van der Waals surface area contributed by atoms with Gasteiger partial charge in [-0.3, -0.25) is 4.79 Å². The molecule has 4 N–H and O–H groups in total. The van der Waals surface area contributed by atoms with Crippen molar-refractivity contribution in [3.05, 3.63) is 24.3 Å². The van der Waals surface area contributed by atoms with Gasteiger partial charge in [0.15, 0.2) is 0 Å². The summed E-state index contributed by atoms with van der Waals surface area (Å²) in [5, 5.41) is 3.17. The van der Waals surface area contributed by atoms with Gasteiger partial charge in [0.2, 0.25) is 15.9 Å². The van der Waals surface area contributed by atoms with Crippen LogP contribution in [0.2, 0.25) is 0 Å². The zero-order valence-corrected chi connectivity index (χ0v) is 13.0. The van der Waals surface area contributed by atoms with Gasteiger partial charge in [-0.15, -0.1) is 0 Å². The molecule has 0 unspecified atom stereocenters.